The van der Waals surface area contributed by atoms with Crippen molar-refractivity contribution < 1.29 is 24.2 Å². The monoisotopic (exact) mass is 935 g/mol. The smallest absolute Gasteiger partial charge is 0.306 e. The molecule has 0 fully saturated rings. The number of allylic oxidation sites excluding steroid dienone is 26. The minimum absolute atomic E-state index is 0.0893. The third-order valence-corrected chi connectivity index (χ3v) is 10.8. The lowest BCUT2D eigenvalue weighted by Crippen LogP contribution is -2.28. The van der Waals surface area contributed by atoms with E-state index in [0.29, 0.717) is 12.8 Å². The second-order valence-electron chi connectivity index (χ2n) is 17.2. The van der Waals surface area contributed by atoms with Gasteiger partial charge in [0.1, 0.15) is 6.61 Å². The minimum Gasteiger partial charge on any atom is -0.462 e. The largest absolute Gasteiger partial charge is 0.462 e. The van der Waals surface area contributed by atoms with Gasteiger partial charge >= 0.3 is 11.9 Å². The summed E-state index contributed by atoms with van der Waals surface area (Å²) < 4.78 is 10.7. The predicted octanol–water partition coefficient (Wildman–Crippen LogP) is 18.4. The van der Waals surface area contributed by atoms with E-state index in [1.165, 1.54) is 38.5 Å². The van der Waals surface area contributed by atoms with Crippen LogP contribution in [0.25, 0.3) is 0 Å². The molecule has 5 heteroatoms. The first kappa shape index (κ1) is 63.5. The van der Waals surface area contributed by atoms with E-state index in [9.17, 15) is 14.7 Å². The third kappa shape index (κ3) is 54.1. The second kappa shape index (κ2) is 56.8. The Morgan fingerprint density at radius 1 is 0.338 bits per heavy atom. The maximum atomic E-state index is 12.3. The van der Waals surface area contributed by atoms with Gasteiger partial charge in [-0.1, -0.05) is 230 Å². The van der Waals surface area contributed by atoms with Gasteiger partial charge in [0.15, 0.2) is 6.10 Å². The van der Waals surface area contributed by atoms with Crippen molar-refractivity contribution in [2.75, 3.05) is 13.2 Å². The average molecular weight is 935 g/mol. The molecule has 1 atom stereocenters. The Bertz CT molecular complexity index is 1520. The van der Waals surface area contributed by atoms with Gasteiger partial charge in [-0.2, -0.15) is 0 Å². The first-order valence-corrected chi connectivity index (χ1v) is 27.0. The molecule has 5 nitrogen and oxygen atoms in total. The van der Waals surface area contributed by atoms with E-state index in [4.69, 9.17) is 9.47 Å². The Kier molecular flexibility index (Phi) is 53.1. The first-order valence-electron chi connectivity index (χ1n) is 27.0. The predicted molar refractivity (Wildman–Crippen MR) is 297 cm³/mol. The lowest BCUT2D eigenvalue weighted by atomic mass is 10.1. The van der Waals surface area contributed by atoms with E-state index in [1.54, 1.807) is 0 Å². The van der Waals surface area contributed by atoms with Crippen molar-refractivity contribution in [3.05, 3.63) is 158 Å². The van der Waals surface area contributed by atoms with Crippen molar-refractivity contribution in [1.82, 2.24) is 0 Å². The van der Waals surface area contributed by atoms with Crippen LogP contribution in [0.4, 0.5) is 0 Å². The van der Waals surface area contributed by atoms with Crippen LogP contribution in [0, 0.1) is 0 Å². The topological polar surface area (TPSA) is 72.8 Å². The van der Waals surface area contributed by atoms with E-state index >= 15 is 0 Å². The summed E-state index contributed by atoms with van der Waals surface area (Å²) in [7, 11) is 0. The van der Waals surface area contributed by atoms with Crippen LogP contribution in [-0.4, -0.2) is 36.4 Å². The van der Waals surface area contributed by atoms with Crippen LogP contribution in [0.1, 0.15) is 206 Å². The van der Waals surface area contributed by atoms with E-state index in [2.05, 4.69) is 172 Å². The van der Waals surface area contributed by atoms with Crippen molar-refractivity contribution >= 4 is 11.9 Å². The number of aliphatic hydroxyl groups excluding tert-OH is 1. The third-order valence-electron chi connectivity index (χ3n) is 10.8. The molecule has 0 spiro atoms. The fraction of sp³-hybridized carbons (Fsp3) is 0.556. The number of esters is 2. The molecular weight excluding hydrogens is 837 g/mol. The quantitative estimate of drug-likeness (QED) is 0.0374. The molecule has 1 unspecified atom stereocenters. The van der Waals surface area contributed by atoms with Gasteiger partial charge in [0.2, 0.25) is 0 Å². The maximum absolute atomic E-state index is 12.3. The molecule has 0 saturated heterocycles. The molecule has 68 heavy (non-hydrogen) atoms. The van der Waals surface area contributed by atoms with Crippen LogP contribution in [-0.2, 0) is 19.1 Å². The van der Waals surface area contributed by atoms with Crippen LogP contribution in [0.5, 0.6) is 0 Å². The molecule has 0 aliphatic carbocycles. The Hall–Kier alpha value is -4.48. The fourth-order valence-corrected chi connectivity index (χ4v) is 6.83. The molecule has 0 aromatic carbocycles. The van der Waals surface area contributed by atoms with Gasteiger partial charge in [0.05, 0.1) is 6.61 Å². The van der Waals surface area contributed by atoms with Gasteiger partial charge in [-0.25, -0.2) is 0 Å². The molecule has 0 aliphatic heterocycles. The number of carbonyl (C=O) groups excluding carboxylic acids is 2. The Labute approximate surface area is 418 Å². The van der Waals surface area contributed by atoms with Gasteiger partial charge in [-0.05, 0) is 122 Å². The van der Waals surface area contributed by atoms with E-state index < -0.39 is 6.10 Å². The van der Waals surface area contributed by atoms with Crippen LogP contribution >= 0.6 is 0 Å². The summed E-state index contributed by atoms with van der Waals surface area (Å²) in [5.74, 6) is -0.633. The summed E-state index contributed by atoms with van der Waals surface area (Å²) in [4.78, 5) is 24.5. The Morgan fingerprint density at radius 3 is 0.882 bits per heavy atom. The molecule has 0 aromatic heterocycles. The summed E-state index contributed by atoms with van der Waals surface area (Å²) in [5.41, 5.74) is 0. The second-order valence-corrected chi connectivity index (χ2v) is 17.2. The van der Waals surface area contributed by atoms with Crippen molar-refractivity contribution in [2.45, 2.75) is 213 Å². The highest BCUT2D eigenvalue weighted by atomic mass is 16.6. The molecule has 0 saturated carbocycles. The maximum Gasteiger partial charge on any atom is 0.306 e. The number of carbonyl (C=O) groups is 2. The molecular formula is C63H98O5. The summed E-state index contributed by atoms with van der Waals surface area (Å²) in [6.45, 7) is 3.88. The standard InChI is InChI=1S/C63H98O5/c1-3-5-7-9-11-13-15-17-19-21-23-25-27-28-29-30-31-32-33-34-36-38-40-42-44-46-48-50-52-54-56-58-63(66)68-61(59-64)60-67-62(65)57-55-53-51-49-47-45-43-41-39-37-35-26-24-22-20-18-16-14-12-10-8-6-4-2/h5-8,11-14,17-20,23-26,28-29,31-32,34,36-37,39-40,42,61,64H,3-4,9-10,15-16,21-22,27,30,33,35,38,41,43-60H2,1-2H3/b7-5-,8-6-,13-11-,14-12-,19-17-,20-18-,25-23-,26-24-,29-28-,32-31-,36-34-,39-37-,42-40-. The van der Waals surface area contributed by atoms with Crippen LogP contribution in [0.3, 0.4) is 0 Å². The Morgan fingerprint density at radius 2 is 0.588 bits per heavy atom. The fourth-order valence-electron chi connectivity index (χ4n) is 6.83. The lowest BCUT2D eigenvalue weighted by Gasteiger charge is -2.15. The SMILES string of the molecule is CC/C=C\C/C=C\C/C=C\C/C=C\C/C=C\C/C=C\C/C=C\C/C=C\CCCCCCCCC(=O)OC(CO)COC(=O)CCCCCCCCC/C=C\C/C=C\C/C=C\C/C=C\C/C=C\CC. The number of hydrogen-bond acceptors (Lipinski definition) is 5. The average Bonchev–Trinajstić information content (AvgIpc) is 3.34. The van der Waals surface area contributed by atoms with Gasteiger partial charge in [-0.15, -0.1) is 0 Å². The van der Waals surface area contributed by atoms with Gasteiger partial charge in [-0.3, -0.25) is 9.59 Å². The molecule has 0 amide bonds. The van der Waals surface area contributed by atoms with Gasteiger partial charge < -0.3 is 14.6 Å². The van der Waals surface area contributed by atoms with Crippen molar-refractivity contribution in [3.8, 4) is 0 Å². The Balaban J connectivity index is 3.65. The molecule has 0 bridgehead atoms. The molecule has 0 aliphatic rings. The molecule has 0 rings (SSSR count). The number of aliphatic hydroxyl groups is 1. The molecule has 380 valence electrons. The van der Waals surface area contributed by atoms with E-state index in [0.717, 1.165) is 141 Å². The molecule has 0 radical (unpaired) electrons. The van der Waals surface area contributed by atoms with Crippen LogP contribution in [0.2, 0.25) is 0 Å². The molecule has 1 N–H and O–H groups in total. The van der Waals surface area contributed by atoms with Crippen molar-refractivity contribution in [1.29, 1.82) is 0 Å². The molecule has 0 aromatic rings. The van der Waals surface area contributed by atoms with E-state index in [1.807, 2.05) is 0 Å². The number of hydrogen-bond donors (Lipinski definition) is 1. The zero-order chi connectivity index (χ0) is 49.2. The highest BCUT2D eigenvalue weighted by Crippen LogP contribution is 2.13. The van der Waals surface area contributed by atoms with Crippen molar-refractivity contribution in [2.24, 2.45) is 0 Å². The first-order chi connectivity index (χ1) is 33.6. The minimum atomic E-state index is -0.799. The number of rotatable bonds is 47. The molecule has 0 heterocycles. The van der Waals surface area contributed by atoms with Crippen LogP contribution < -0.4 is 0 Å². The van der Waals surface area contributed by atoms with Gasteiger partial charge in [0.25, 0.3) is 0 Å². The number of unbranched alkanes of at least 4 members (excludes halogenated alkanes) is 13. The summed E-state index contributed by atoms with van der Waals surface area (Å²) >= 11 is 0. The van der Waals surface area contributed by atoms with Crippen LogP contribution in [0.15, 0.2) is 158 Å². The lowest BCUT2D eigenvalue weighted by molar-refractivity contribution is -0.161. The normalized spacial score (nSPS) is 13.5. The highest BCUT2D eigenvalue weighted by Gasteiger charge is 2.16. The van der Waals surface area contributed by atoms with Crippen molar-refractivity contribution in [3.63, 3.8) is 0 Å². The van der Waals surface area contributed by atoms with E-state index in [-0.39, 0.29) is 25.2 Å². The summed E-state index contributed by atoms with van der Waals surface area (Å²) in [6, 6.07) is 0. The zero-order valence-corrected chi connectivity index (χ0v) is 43.3. The summed E-state index contributed by atoms with van der Waals surface area (Å²) in [5, 5.41) is 9.65. The highest BCUT2D eigenvalue weighted by molar-refractivity contribution is 5.70. The summed E-state index contributed by atoms with van der Waals surface area (Å²) in [6.07, 6.45) is 87.6. The van der Waals surface area contributed by atoms with Gasteiger partial charge in [0, 0.05) is 12.8 Å². The number of ether oxygens (including phenoxy) is 2. The zero-order valence-electron chi connectivity index (χ0n) is 43.3.